The van der Waals surface area contributed by atoms with E-state index in [2.05, 4.69) is 14.9 Å². The van der Waals surface area contributed by atoms with Crippen LogP contribution in [-0.4, -0.2) is 25.3 Å². The van der Waals surface area contributed by atoms with Crippen molar-refractivity contribution < 1.29 is 13.9 Å². The van der Waals surface area contributed by atoms with Crippen LogP contribution in [0.5, 0.6) is 0 Å². The Morgan fingerprint density at radius 1 is 1.63 bits per heavy atom. The quantitative estimate of drug-likeness (QED) is 0.362. The van der Waals surface area contributed by atoms with Crippen molar-refractivity contribution in [2.45, 2.75) is 6.10 Å². The summed E-state index contributed by atoms with van der Waals surface area (Å²) in [5.41, 5.74) is 8.39. The van der Waals surface area contributed by atoms with E-state index >= 15 is 0 Å². The largest absolute Gasteiger partial charge is 0.444 e. The predicted octanol–water partition coefficient (Wildman–Crippen LogP) is 3.01. The first-order valence-electron chi connectivity index (χ1n) is 5.31. The zero-order valence-electron chi connectivity index (χ0n) is 9.65. The number of benzene rings is 1. The molecule has 0 spiro atoms. The third-order valence-corrected chi connectivity index (χ3v) is 2.59. The topological polar surface area (TPSA) is 82.7 Å². The normalized spacial score (nSPS) is 17.6. The summed E-state index contributed by atoms with van der Waals surface area (Å²) in [6.45, 7) is 6.95. The van der Waals surface area contributed by atoms with Gasteiger partial charge in [0.2, 0.25) is 5.69 Å². The predicted molar refractivity (Wildman–Crippen MR) is 64.3 cm³/mol. The van der Waals surface area contributed by atoms with Crippen LogP contribution < -0.4 is 4.90 Å². The number of carbonyl (C=O) groups is 1. The molecule has 2 rings (SSSR count). The van der Waals surface area contributed by atoms with Gasteiger partial charge in [0.15, 0.2) is 0 Å². The Balaban J connectivity index is 2.19. The summed E-state index contributed by atoms with van der Waals surface area (Å²) in [5.74, 6) is -0.696. The van der Waals surface area contributed by atoms with Crippen molar-refractivity contribution in [3.05, 3.63) is 45.9 Å². The molecule has 1 unspecified atom stereocenters. The van der Waals surface area contributed by atoms with E-state index in [0.29, 0.717) is 5.69 Å². The second-order valence-corrected chi connectivity index (χ2v) is 3.78. The monoisotopic (exact) mass is 261 g/mol. The van der Waals surface area contributed by atoms with Crippen molar-refractivity contribution in [2.75, 3.05) is 18.0 Å². The fourth-order valence-corrected chi connectivity index (χ4v) is 1.71. The van der Waals surface area contributed by atoms with Crippen LogP contribution in [0.15, 0.2) is 23.3 Å². The number of carbonyl (C=O) groups excluding carboxylic acids is 1. The minimum Gasteiger partial charge on any atom is -0.444 e. The molecule has 0 saturated carbocycles. The van der Waals surface area contributed by atoms with Crippen LogP contribution in [0.25, 0.3) is 15.3 Å². The number of halogens is 1. The lowest BCUT2D eigenvalue weighted by Gasteiger charge is -2.13. The van der Waals surface area contributed by atoms with Crippen molar-refractivity contribution >= 4 is 17.5 Å². The summed E-state index contributed by atoms with van der Waals surface area (Å²) in [5, 5.41) is 3.32. The molecule has 1 fully saturated rings. The number of amides is 1. The van der Waals surface area contributed by atoms with Crippen molar-refractivity contribution in [1.29, 1.82) is 0 Å². The molecule has 96 valence electrons. The Bertz CT molecular complexity index is 606. The van der Waals surface area contributed by atoms with Crippen molar-refractivity contribution in [3.63, 3.8) is 0 Å². The lowest BCUT2D eigenvalue weighted by molar-refractivity contribution is 0.145. The molecule has 1 saturated heterocycles. The Labute approximate surface area is 107 Å². The lowest BCUT2D eigenvalue weighted by Crippen LogP contribution is -2.25. The van der Waals surface area contributed by atoms with Gasteiger partial charge in [0.25, 0.3) is 0 Å². The highest BCUT2D eigenvalue weighted by Gasteiger charge is 2.32. The van der Waals surface area contributed by atoms with Gasteiger partial charge < -0.3 is 4.74 Å². The molecule has 1 amide bonds. The van der Waals surface area contributed by atoms with Crippen LogP contribution >= 0.6 is 0 Å². The van der Waals surface area contributed by atoms with E-state index < -0.39 is 18.0 Å². The molecule has 0 bridgehead atoms. The van der Waals surface area contributed by atoms with Gasteiger partial charge in [0.1, 0.15) is 11.9 Å². The molecule has 1 heterocycles. The number of hydrogen-bond donors (Lipinski definition) is 0. The highest BCUT2D eigenvalue weighted by Crippen LogP contribution is 2.27. The Hall–Kier alpha value is -2.78. The van der Waals surface area contributed by atoms with Crippen LogP contribution in [0.2, 0.25) is 0 Å². The van der Waals surface area contributed by atoms with Crippen LogP contribution in [0.1, 0.15) is 0 Å². The summed E-state index contributed by atoms with van der Waals surface area (Å²) in [6.07, 6.45) is -1.18. The molecule has 19 heavy (non-hydrogen) atoms. The van der Waals surface area contributed by atoms with E-state index in [4.69, 9.17) is 16.8 Å². The van der Waals surface area contributed by atoms with E-state index in [9.17, 15) is 9.18 Å². The highest BCUT2D eigenvalue weighted by molar-refractivity contribution is 5.90. The van der Waals surface area contributed by atoms with Crippen molar-refractivity contribution in [1.82, 2.24) is 0 Å². The first-order valence-corrected chi connectivity index (χ1v) is 5.31. The van der Waals surface area contributed by atoms with Crippen molar-refractivity contribution in [3.8, 4) is 0 Å². The number of ether oxygens (including phenoxy) is 1. The molecule has 1 aliphatic rings. The van der Waals surface area contributed by atoms with Crippen molar-refractivity contribution in [2.24, 2.45) is 5.11 Å². The van der Waals surface area contributed by atoms with Gasteiger partial charge in [-0.1, -0.05) is 11.2 Å². The minimum atomic E-state index is -0.696. The molecular weight excluding hydrogens is 253 g/mol. The van der Waals surface area contributed by atoms with Crippen LogP contribution in [0.3, 0.4) is 0 Å². The molecule has 7 nitrogen and oxygen atoms in total. The van der Waals surface area contributed by atoms with Crippen LogP contribution in [0.4, 0.5) is 20.6 Å². The molecule has 0 aliphatic carbocycles. The highest BCUT2D eigenvalue weighted by atomic mass is 19.1. The van der Waals surface area contributed by atoms with Gasteiger partial charge in [-0.05, 0) is 17.7 Å². The Kier molecular flexibility index (Phi) is 3.50. The Morgan fingerprint density at radius 2 is 2.42 bits per heavy atom. The van der Waals surface area contributed by atoms with Crippen LogP contribution in [0, 0.1) is 12.4 Å². The van der Waals surface area contributed by atoms with E-state index in [1.807, 2.05) is 0 Å². The van der Waals surface area contributed by atoms with E-state index in [1.165, 1.54) is 17.0 Å². The zero-order chi connectivity index (χ0) is 13.8. The number of hydrogen-bond acceptors (Lipinski definition) is 3. The number of rotatable bonds is 3. The lowest BCUT2D eigenvalue weighted by atomic mass is 10.2. The van der Waals surface area contributed by atoms with Gasteiger partial charge >= 0.3 is 6.09 Å². The van der Waals surface area contributed by atoms with E-state index in [-0.39, 0.29) is 18.8 Å². The van der Waals surface area contributed by atoms with Gasteiger partial charge in [-0.3, -0.25) is 4.90 Å². The first kappa shape index (κ1) is 12.7. The smallest absolute Gasteiger partial charge is 0.414 e. The average Bonchev–Trinajstić information content (AvgIpc) is 2.77. The van der Waals surface area contributed by atoms with E-state index in [1.54, 1.807) is 0 Å². The molecule has 8 heteroatoms. The number of anilines is 1. The van der Waals surface area contributed by atoms with Gasteiger partial charge in [0, 0.05) is 10.6 Å². The second-order valence-electron chi connectivity index (χ2n) is 3.78. The zero-order valence-corrected chi connectivity index (χ0v) is 9.65. The Morgan fingerprint density at radius 3 is 3.05 bits per heavy atom. The molecule has 1 aliphatic heterocycles. The molecule has 0 aromatic heterocycles. The first-order chi connectivity index (χ1) is 9.15. The van der Waals surface area contributed by atoms with Crippen LogP contribution in [-0.2, 0) is 4.74 Å². The fraction of sp³-hybridized carbons (Fsp3) is 0.273. The van der Waals surface area contributed by atoms with Gasteiger partial charge in [-0.25, -0.2) is 14.0 Å². The third-order valence-electron chi connectivity index (χ3n) is 2.59. The van der Waals surface area contributed by atoms with Gasteiger partial charge in [0.05, 0.1) is 19.7 Å². The maximum Gasteiger partial charge on any atom is 0.414 e. The fourth-order valence-electron chi connectivity index (χ4n) is 1.71. The summed E-state index contributed by atoms with van der Waals surface area (Å²) < 4.78 is 18.4. The number of azide groups is 1. The number of nitrogens with zero attached hydrogens (tertiary/aromatic N) is 5. The summed E-state index contributed by atoms with van der Waals surface area (Å²) >= 11 is 0. The minimum absolute atomic E-state index is 0.0291. The maximum atomic E-state index is 13.5. The molecule has 0 radical (unpaired) electrons. The molecule has 1 aromatic carbocycles. The molecular formula is C11H8FN5O2. The summed E-state index contributed by atoms with van der Waals surface area (Å²) in [7, 11) is 0. The SMILES string of the molecule is [C-]#[N+]c1ccc(N2CC(CN=[N+]=[N-])OC2=O)cc1F. The third kappa shape index (κ3) is 2.56. The number of cyclic esters (lactones) is 1. The summed E-state index contributed by atoms with van der Waals surface area (Å²) in [6, 6.07) is 3.87. The second kappa shape index (κ2) is 5.25. The maximum absolute atomic E-state index is 13.5. The summed E-state index contributed by atoms with van der Waals surface area (Å²) in [4.78, 5) is 18.4. The van der Waals surface area contributed by atoms with Gasteiger partial charge in [-0.2, -0.15) is 0 Å². The standard InChI is InChI=1S/C11H8FN5O2/c1-14-10-3-2-7(4-9(10)12)17-6-8(5-15-16-13)19-11(17)18/h2-4,8H,5-6H2. The molecule has 1 atom stereocenters. The molecule has 1 aromatic rings. The molecule has 0 N–H and O–H groups in total. The average molecular weight is 261 g/mol. The van der Waals surface area contributed by atoms with E-state index in [0.717, 1.165) is 6.07 Å². The van der Waals surface area contributed by atoms with Gasteiger partial charge in [-0.15, -0.1) is 0 Å².